The number of thiocarbonyl (C=S) groups is 1. The Hall–Kier alpha value is -3.76. The first kappa shape index (κ1) is 22.7. The summed E-state index contributed by atoms with van der Waals surface area (Å²) in [4.78, 5) is 9.26. The summed E-state index contributed by atoms with van der Waals surface area (Å²) in [5, 5.41) is 12.2. The maximum Gasteiger partial charge on any atom is 0.174 e. The van der Waals surface area contributed by atoms with Crippen LogP contribution in [-0.4, -0.2) is 55.9 Å². The van der Waals surface area contributed by atoms with Crippen LogP contribution >= 0.6 is 12.2 Å². The van der Waals surface area contributed by atoms with Crippen molar-refractivity contribution in [1.29, 1.82) is 0 Å². The largest absolute Gasteiger partial charge is 0.378 e. The molecule has 2 aliphatic rings. The quantitative estimate of drug-likeness (QED) is 0.418. The normalized spacial score (nSPS) is 20.1. The Balaban J connectivity index is 1.43. The highest BCUT2D eigenvalue weighted by Gasteiger charge is 2.42. The van der Waals surface area contributed by atoms with E-state index < -0.39 is 0 Å². The fraction of sp³-hybridized carbons (Fsp3) is 0.308. The molecule has 9 nitrogen and oxygen atoms in total. The fourth-order valence-corrected chi connectivity index (χ4v) is 5.67. The van der Waals surface area contributed by atoms with Crippen molar-refractivity contribution in [1.82, 2.24) is 29.9 Å². The molecular formula is C26H28N8OS. The number of ether oxygens (including phenoxy) is 1. The molecule has 1 N–H and O–H groups in total. The van der Waals surface area contributed by atoms with Gasteiger partial charge in [-0.15, -0.1) is 10.2 Å². The number of nitrogens with one attached hydrogen (secondary N) is 1. The molecule has 2 saturated heterocycles. The van der Waals surface area contributed by atoms with Crippen LogP contribution < -0.4 is 15.1 Å². The number of pyridine rings is 1. The molecule has 0 radical (unpaired) electrons. The average Bonchev–Trinajstić information content (AvgIpc) is 3.63. The first-order chi connectivity index (χ1) is 17.6. The van der Waals surface area contributed by atoms with Crippen molar-refractivity contribution in [3.8, 4) is 0 Å². The van der Waals surface area contributed by atoms with Gasteiger partial charge in [-0.2, -0.15) is 0 Å². The van der Waals surface area contributed by atoms with Gasteiger partial charge in [0.1, 0.15) is 12.7 Å². The maximum atomic E-state index is 5.93. The molecule has 1 aromatic carbocycles. The number of nitrogens with zero attached hydrogens (tertiary/aromatic N) is 7. The molecule has 0 spiro atoms. The molecule has 3 aromatic heterocycles. The second-order valence-electron chi connectivity index (χ2n) is 9.09. The van der Waals surface area contributed by atoms with Gasteiger partial charge in [0.2, 0.25) is 0 Å². The zero-order chi connectivity index (χ0) is 24.6. The monoisotopic (exact) mass is 500 g/mol. The highest BCUT2D eigenvalue weighted by Crippen LogP contribution is 2.43. The van der Waals surface area contributed by atoms with Gasteiger partial charge in [-0.1, -0.05) is 6.07 Å². The summed E-state index contributed by atoms with van der Waals surface area (Å²) in [5.74, 6) is 0. The number of morpholine rings is 1. The first-order valence-electron chi connectivity index (χ1n) is 12.1. The van der Waals surface area contributed by atoms with Gasteiger partial charge >= 0.3 is 0 Å². The topological polar surface area (TPSA) is 76.3 Å². The molecule has 0 aliphatic carbocycles. The number of benzene rings is 1. The second-order valence-corrected chi connectivity index (χ2v) is 9.48. The number of hydrogen-bond acceptors (Lipinski definition) is 6. The predicted molar refractivity (Wildman–Crippen MR) is 142 cm³/mol. The van der Waals surface area contributed by atoms with Crippen molar-refractivity contribution in [3.63, 3.8) is 0 Å². The van der Waals surface area contributed by atoms with Crippen molar-refractivity contribution < 1.29 is 4.74 Å². The van der Waals surface area contributed by atoms with E-state index in [9.17, 15) is 0 Å². The van der Waals surface area contributed by atoms with E-state index in [1.54, 1.807) is 12.7 Å². The van der Waals surface area contributed by atoms with Gasteiger partial charge in [0.15, 0.2) is 5.11 Å². The number of aromatic nitrogens is 5. The predicted octanol–water partition coefficient (Wildman–Crippen LogP) is 3.42. The molecule has 2 fully saturated rings. The van der Waals surface area contributed by atoms with Gasteiger partial charge in [-0.05, 0) is 68.5 Å². The van der Waals surface area contributed by atoms with Crippen molar-refractivity contribution in [3.05, 3.63) is 90.0 Å². The van der Waals surface area contributed by atoms with Crippen molar-refractivity contribution in [2.75, 3.05) is 36.1 Å². The highest BCUT2D eigenvalue weighted by molar-refractivity contribution is 7.80. The van der Waals surface area contributed by atoms with Gasteiger partial charge in [-0.3, -0.25) is 9.66 Å². The van der Waals surface area contributed by atoms with E-state index >= 15 is 0 Å². The molecule has 184 valence electrons. The number of anilines is 2. The fourth-order valence-electron chi connectivity index (χ4n) is 5.33. The van der Waals surface area contributed by atoms with E-state index in [1.807, 2.05) is 23.0 Å². The van der Waals surface area contributed by atoms with E-state index in [0.717, 1.165) is 49.1 Å². The van der Waals surface area contributed by atoms with E-state index in [2.05, 4.69) is 85.2 Å². The highest BCUT2D eigenvalue weighted by atomic mass is 32.1. The smallest absolute Gasteiger partial charge is 0.174 e. The van der Waals surface area contributed by atoms with Crippen LogP contribution in [-0.2, 0) is 4.74 Å². The Bertz CT molecular complexity index is 1350. The van der Waals surface area contributed by atoms with Crippen molar-refractivity contribution >= 4 is 28.7 Å². The van der Waals surface area contributed by atoms with Gasteiger partial charge in [-0.25, -0.2) is 4.68 Å². The molecule has 0 bridgehead atoms. The van der Waals surface area contributed by atoms with E-state index in [-0.39, 0.29) is 12.1 Å². The lowest BCUT2D eigenvalue weighted by atomic mass is 9.96. The zero-order valence-electron chi connectivity index (χ0n) is 20.3. The third-order valence-electron chi connectivity index (χ3n) is 6.99. The Labute approximate surface area is 215 Å². The molecule has 0 amide bonds. The molecule has 6 rings (SSSR count). The van der Waals surface area contributed by atoms with E-state index in [0.29, 0.717) is 5.11 Å². The van der Waals surface area contributed by atoms with Crippen LogP contribution in [0.1, 0.15) is 34.7 Å². The summed E-state index contributed by atoms with van der Waals surface area (Å²) in [6, 6.07) is 16.7. The summed E-state index contributed by atoms with van der Waals surface area (Å²) in [5.41, 5.74) is 6.54. The minimum Gasteiger partial charge on any atom is -0.378 e. The molecule has 2 atom stereocenters. The SMILES string of the molecule is Cc1cc([C@H]2[C@H](c3ccccn3)NC(=S)N2c2ccc(N3CCOCC3)cc2)c(C)n1-n1cnnc1. The number of hydrogen-bond donors (Lipinski definition) is 1. The molecule has 0 saturated carbocycles. The Morgan fingerprint density at radius 3 is 2.39 bits per heavy atom. The van der Waals surface area contributed by atoms with Crippen LogP contribution in [0.4, 0.5) is 11.4 Å². The first-order valence-corrected chi connectivity index (χ1v) is 12.5. The number of rotatable bonds is 5. The van der Waals surface area contributed by atoms with Crippen LogP contribution in [0.2, 0.25) is 0 Å². The summed E-state index contributed by atoms with van der Waals surface area (Å²) in [6.45, 7) is 7.55. The summed E-state index contributed by atoms with van der Waals surface area (Å²) < 4.78 is 9.53. The number of aryl methyl sites for hydroxylation is 1. The maximum absolute atomic E-state index is 5.93. The van der Waals surface area contributed by atoms with Crippen molar-refractivity contribution in [2.24, 2.45) is 0 Å². The molecule has 4 aromatic rings. The summed E-state index contributed by atoms with van der Waals surface area (Å²) >= 11 is 5.93. The van der Waals surface area contributed by atoms with E-state index in [4.69, 9.17) is 17.0 Å². The third-order valence-corrected chi connectivity index (χ3v) is 7.31. The molecule has 0 unspecified atom stereocenters. The third kappa shape index (κ3) is 3.92. The van der Waals surface area contributed by atoms with Crippen LogP contribution in [0.15, 0.2) is 67.4 Å². The summed E-state index contributed by atoms with van der Waals surface area (Å²) in [6.07, 6.45) is 5.25. The molecular weight excluding hydrogens is 472 g/mol. The van der Waals surface area contributed by atoms with E-state index in [1.165, 1.54) is 11.3 Å². The van der Waals surface area contributed by atoms with Crippen molar-refractivity contribution in [2.45, 2.75) is 25.9 Å². The standard InChI is InChI=1S/C26H28N8OS/c1-18-15-22(19(2)34(18)32-16-28-29-17-32)25-24(23-5-3-4-10-27-23)30-26(36)33(25)21-8-6-20(7-9-21)31-11-13-35-14-12-31/h3-10,15-17,24-25H,11-14H2,1-2H3,(H,30,36)/t24-,25-/m0/s1. The molecule has 2 aliphatic heterocycles. The Morgan fingerprint density at radius 1 is 0.972 bits per heavy atom. The summed E-state index contributed by atoms with van der Waals surface area (Å²) in [7, 11) is 0. The lowest BCUT2D eigenvalue weighted by Gasteiger charge is -2.31. The minimum absolute atomic E-state index is 0.0851. The van der Waals surface area contributed by atoms with Crippen LogP contribution in [0, 0.1) is 13.8 Å². The lowest BCUT2D eigenvalue weighted by molar-refractivity contribution is 0.122. The van der Waals surface area contributed by atoms with Gasteiger partial charge < -0.3 is 19.9 Å². The van der Waals surface area contributed by atoms with Crippen LogP contribution in [0.25, 0.3) is 0 Å². The minimum atomic E-state index is -0.104. The average molecular weight is 501 g/mol. The van der Waals surface area contributed by atoms with Crippen LogP contribution in [0.5, 0.6) is 0 Å². The molecule has 5 heterocycles. The Kier molecular flexibility index (Phi) is 5.90. The molecule has 36 heavy (non-hydrogen) atoms. The van der Waals surface area contributed by atoms with Gasteiger partial charge in [0.25, 0.3) is 0 Å². The lowest BCUT2D eigenvalue weighted by Crippen LogP contribution is -2.36. The van der Waals surface area contributed by atoms with Gasteiger partial charge in [0, 0.05) is 47.6 Å². The Morgan fingerprint density at radius 2 is 1.69 bits per heavy atom. The molecule has 10 heteroatoms. The zero-order valence-corrected chi connectivity index (χ0v) is 21.1. The van der Waals surface area contributed by atoms with Gasteiger partial charge in [0.05, 0.1) is 31.0 Å². The second kappa shape index (κ2) is 9.36. The van der Waals surface area contributed by atoms with Crippen LogP contribution in [0.3, 0.4) is 0 Å².